The molecule has 6 nitrogen and oxygen atoms in total. The zero-order chi connectivity index (χ0) is 19.5. The average Bonchev–Trinajstić information content (AvgIpc) is 3.31. The van der Waals surface area contributed by atoms with E-state index < -0.39 is 0 Å². The molecular formula is C21H23N5OS. The minimum absolute atomic E-state index is 0.0107. The molecule has 0 fully saturated rings. The molecule has 0 bridgehead atoms. The van der Waals surface area contributed by atoms with Crippen LogP contribution in [0.3, 0.4) is 0 Å². The van der Waals surface area contributed by atoms with E-state index in [1.807, 2.05) is 38.1 Å². The molecule has 1 aliphatic rings. The number of thioether (sulfide) groups is 1. The lowest BCUT2D eigenvalue weighted by atomic mass is 10.1. The third-order valence-electron chi connectivity index (χ3n) is 5.03. The molecule has 1 heterocycles. The minimum Gasteiger partial charge on any atom is -0.326 e. The number of aryl methyl sites for hydroxylation is 4. The second-order valence-electron chi connectivity index (χ2n) is 7.10. The predicted octanol–water partition coefficient (Wildman–Crippen LogP) is 3.89. The standard InChI is InChI=1S/C21H23N5OS/c1-14-5-3-6-15(2)20(14)26-21(23-24-25-26)28-12-11-19(27)22-18-10-9-16-7-4-8-17(16)13-18/h3,5-6,9-10,13H,4,7-8,11-12H2,1-2H3,(H,22,27). The highest BCUT2D eigenvalue weighted by molar-refractivity contribution is 7.99. The van der Waals surface area contributed by atoms with Gasteiger partial charge < -0.3 is 5.32 Å². The Kier molecular flexibility index (Phi) is 5.43. The third kappa shape index (κ3) is 3.94. The predicted molar refractivity (Wildman–Crippen MR) is 111 cm³/mol. The van der Waals surface area contributed by atoms with Crippen LogP contribution in [0.5, 0.6) is 0 Å². The first kappa shape index (κ1) is 18.7. The Morgan fingerprint density at radius 2 is 1.93 bits per heavy atom. The SMILES string of the molecule is Cc1cccc(C)c1-n1nnnc1SCCC(=O)Nc1ccc2c(c1)CCC2. The highest BCUT2D eigenvalue weighted by Gasteiger charge is 2.15. The van der Waals surface area contributed by atoms with Crippen molar-refractivity contribution in [3.63, 3.8) is 0 Å². The lowest BCUT2D eigenvalue weighted by molar-refractivity contribution is -0.115. The van der Waals surface area contributed by atoms with Crippen LogP contribution in [0.25, 0.3) is 5.69 Å². The Bertz CT molecular complexity index is 994. The summed E-state index contributed by atoms with van der Waals surface area (Å²) < 4.78 is 1.76. The van der Waals surface area contributed by atoms with Crippen LogP contribution in [0.4, 0.5) is 5.69 Å². The summed E-state index contributed by atoms with van der Waals surface area (Å²) in [6.07, 6.45) is 3.87. The first-order chi connectivity index (χ1) is 13.6. The van der Waals surface area contributed by atoms with Gasteiger partial charge in [-0.2, -0.15) is 4.68 Å². The summed E-state index contributed by atoms with van der Waals surface area (Å²) in [5, 5.41) is 15.8. The number of rotatable bonds is 6. The smallest absolute Gasteiger partial charge is 0.225 e. The van der Waals surface area contributed by atoms with Crippen molar-refractivity contribution >= 4 is 23.4 Å². The lowest BCUT2D eigenvalue weighted by Crippen LogP contribution is -2.12. The number of carbonyl (C=O) groups is 1. The maximum atomic E-state index is 12.3. The van der Waals surface area contributed by atoms with Gasteiger partial charge in [0.2, 0.25) is 11.1 Å². The molecule has 1 amide bonds. The number of aromatic nitrogens is 4. The summed E-state index contributed by atoms with van der Waals surface area (Å²) in [5.74, 6) is 0.624. The Hall–Kier alpha value is -2.67. The van der Waals surface area contributed by atoms with Gasteiger partial charge in [-0.25, -0.2) is 0 Å². The van der Waals surface area contributed by atoms with E-state index in [1.54, 1.807) is 4.68 Å². The van der Waals surface area contributed by atoms with Crippen LogP contribution in [0.15, 0.2) is 41.6 Å². The van der Waals surface area contributed by atoms with Gasteiger partial charge in [0.15, 0.2) is 0 Å². The number of tetrazole rings is 1. The van der Waals surface area contributed by atoms with E-state index in [0.29, 0.717) is 17.3 Å². The molecule has 2 aromatic carbocycles. The molecule has 7 heteroatoms. The number of para-hydroxylation sites is 1. The summed E-state index contributed by atoms with van der Waals surface area (Å²) in [6.45, 7) is 4.09. The van der Waals surface area contributed by atoms with Gasteiger partial charge in [0.1, 0.15) is 0 Å². The van der Waals surface area contributed by atoms with Crippen LogP contribution in [0.1, 0.15) is 35.1 Å². The molecule has 144 valence electrons. The summed E-state index contributed by atoms with van der Waals surface area (Å²) in [5.41, 5.74) is 6.88. The molecule has 0 spiro atoms. The van der Waals surface area contributed by atoms with Crippen molar-refractivity contribution in [1.82, 2.24) is 20.2 Å². The van der Waals surface area contributed by atoms with Crippen molar-refractivity contribution < 1.29 is 4.79 Å². The fourth-order valence-electron chi connectivity index (χ4n) is 3.66. The number of anilines is 1. The third-order valence-corrected chi connectivity index (χ3v) is 5.96. The first-order valence-corrected chi connectivity index (χ1v) is 10.5. The molecular weight excluding hydrogens is 370 g/mol. The van der Waals surface area contributed by atoms with Crippen molar-refractivity contribution in [2.75, 3.05) is 11.1 Å². The van der Waals surface area contributed by atoms with Crippen molar-refractivity contribution in [3.05, 3.63) is 58.7 Å². The van der Waals surface area contributed by atoms with Gasteiger partial charge >= 0.3 is 0 Å². The van der Waals surface area contributed by atoms with Crippen LogP contribution in [-0.4, -0.2) is 31.9 Å². The zero-order valence-electron chi connectivity index (χ0n) is 16.1. The molecule has 0 atom stereocenters. The van der Waals surface area contributed by atoms with Gasteiger partial charge in [0.05, 0.1) is 5.69 Å². The molecule has 0 saturated carbocycles. The number of benzene rings is 2. The summed E-state index contributed by atoms with van der Waals surface area (Å²) >= 11 is 1.49. The molecule has 28 heavy (non-hydrogen) atoms. The monoisotopic (exact) mass is 393 g/mol. The van der Waals surface area contributed by atoms with E-state index in [1.165, 1.54) is 29.3 Å². The Morgan fingerprint density at radius 3 is 2.75 bits per heavy atom. The largest absolute Gasteiger partial charge is 0.326 e. The number of nitrogens with zero attached hydrogens (tertiary/aromatic N) is 4. The maximum Gasteiger partial charge on any atom is 0.225 e. The van der Waals surface area contributed by atoms with Gasteiger partial charge in [-0.1, -0.05) is 36.0 Å². The fraction of sp³-hybridized carbons (Fsp3) is 0.333. The second kappa shape index (κ2) is 8.14. The van der Waals surface area contributed by atoms with Crippen molar-refractivity contribution in [2.24, 2.45) is 0 Å². The number of hydrogen-bond donors (Lipinski definition) is 1. The van der Waals surface area contributed by atoms with Gasteiger partial charge in [-0.05, 0) is 77.9 Å². The molecule has 4 rings (SSSR count). The van der Waals surface area contributed by atoms with Gasteiger partial charge in [0.25, 0.3) is 0 Å². The number of carbonyl (C=O) groups excluding carboxylic acids is 1. The molecule has 1 aromatic heterocycles. The molecule has 0 aliphatic heterocycles. The van der Waals surface area contributed by atoms with Crippen LogP contribution < -0.4 is 5.32 Å². The van der Waals surface area contributed by atoms with E-state index in [-0.39, 0.29) is 5.91 Å². The van der Waals surface area contributed by atoms with Gasteiger partial charge in [-0.15, -0.1) is 5.10 Å². The summed E-state index contributed by atoms with van der Waals surface area (Å²) in [4.78, 5) is 12.3. The van der Waals surface area contributed by atoms with Crippen molar-refractivity contribution in [2.45, 2.75) is 44.7 Å². The average molecular weight is 394 g/mol. The molecule has 0 saturated heterocycles. The minimum atomic E-state index is 0.0107. The van der Waals surface area contributed by atoms with Crippen LogP contribution in [-0.2, 0) is 17.6 Å². The van der Waals surface area contributed by atoms with Crippen LogP contribution in [0.2, 0.25) is 0 Å². The van der Waals surface area contributed by atoms with Crippen molar-refractivity contribution in [3.8, 4) is 5.69 Å². The first-order valence-electron chi connectivity index (χ1n) is 9.51. The number of fused-ring (bicyclic) bond motifs is 1. The maximum absolute atomic E-state index is 12.3. The number of amides is 1. The summed E-state index contributed by atoms with van der Waals surface area (Å²) in [7, 11) is 0. The quantitative estimate of drug-likeness (QED) is 0.643. The van der Waals surface area contributed by atoms with E-state index in [9.17, 15) is 4.79 Å². The number of nitrogens with one attached hydrogen (secondary N) is 1. The Morgan fingerprint density at radius 1 is 1.14 bits per heavy atom. The molecule has 3 aromatic rings. The van der Waals surface area contributed by atoms with Crippen LogP contribution in [0, 0.1) is 13.8 Å². The highest BCUT2D eigenvalue weighted by Crippen LogP contribution is 2.26. The number of hydrogen-bond acceptors (Lipinski definition) is 5. The summed E-state index contributed by atoms with van der Waals surface area (Å²) in [6, 6.07) is 12.3. The molecule has 1 aliphatic carbocycles. The zero-order valence-corrected chi connectivity index (χ0v) is 16.9. The van der Waals surface area contributed by atoms with E-state index in [0.717, 1.165) is 35.3 Å². The van der Waals surface area contributed by atoms with E-state index >= 15 is 0 Å². The molecule has 1 N–H and O–H groups in total. The van der Waals surface area contributed by atoms with Gasteiger partial charge in [-0.3, -0.25) is 4.79 Å². The van der Waals surface area contributed by atoms with Crippen LogP contribution >= 0.6 is 11.8 Å². The van der Waals surface area contributed by atoms with E-state index in [2.05, 4.69) is 33.0 Å². The molecule has 0 unspecified atom stereocenters. The lowest BCUT2D eigenvalue weighted by Gasteiger charge is -2.10. The Balaban J connectivity index is 1.36. The topological polar surface area (TPSA) is 72.7 Å². The van der Waals surface area contributed by atoms with Gasteiger partial charge in [0, 0.05) is 17.9 Å². The Labute approximate surface area is 168 Å². The van der Waals surface area contributed by atoms with E-state index in [4.69, 9.17) is 0 Å². The second-order valence-corrected chi connectivity index (χ2v) is 8.16. The van der Waals surface area contributed by atoms with Crippen molar-refractivity contribution in [1.29, 1.82) is 0 Å². The normalized spacial score (nSPS) is 12.8. The highest BCUT2D eigenvalue weighted by atomic mass is 32.2. The molecule has 0 radical (unpaired) electrons. The fourth-order valence-corrected chi connectivity index (χ4v) is 4.47.